The minimum Gasteiger partial charge on any atom is -0.390 e. The predicted octanol–water partition coefficient (Wildman–Crippen LogP) is 3.84. The second-order valence-corrected chi connectivity index (χ2v) is 7.45. The molecule has 1 unspecified atom stereocenters. The van der Waals surface area contributed by atoms with Crippen molar-refractivity contribution >= 4 is 11.2 Å². The Labute approximate surface area is 169 Å². The third-order valence-corrected chi connectivity index (χ3v) is 4.80. The summed E-state index contributed by atoms with van der Waals surface area (Å²) in [6.45, 7) is 1.40. The smallest absolute Gasteiger partial charge is 0.389 e. The Balaban J connectivity index is 1.49. The molecule has 4 aromatic heterocycles. The number of hydrogen-bond donors (Lipinski definition) is 2. The van der Waals surface area contributed by atoms with E-state index in [0.717, 1.165) is 16.6 Å². The van der Waals surface area contributed by atoms with E-state index in [9.17, 15) is 18.3 Å². The second-order valence-electron chi connectivity index (χ2n) is 7.45. The molecule has 0 aliphatic carbocycles. The number of nitrogens with zero attached hydrogens (tertiary/aromatic N) is 5. The van der Waals surface area contributed by atoms with Gasteiger partial charge in [0.1, 0.15) is 0 Å². The van der Waals surface area contributed by atoms with Crippen molar-refractivity contribution < 1.29 is 18.3 Å². The Morgan fingerprint density at radius 2 is 1.90 bits per heavy atom. The summed E-state index contributed by atoms with van der Waals surface area (Å²) in [5, 5.41) is 14.6. The average molecular weight is 416 g/mol. The number of rotatable bonds is 6. The Morgan fingerprint density at radius 3 is 2.63 bits per heavy atom. The molecule has 2 N–H and O–H groups in total. The van der Waals surface area contributed by atoms with E-state index in [1.165, 1.54) is 13.1 Å². The molecule has 156 valence electrons. The van der Waals surface area contributed by atoms with Gasteiger partial charge in [-0.25, -0.2) is 19.6 Å². The van der Waals surface area contributed by atoms with Crippen LogP contribution in [0.3, 0.4) is 0 Å². The van der Waals surface area contributed by atoms with Crippen molar-refractivity contribution in [1.82, 2.24) is 29.7 Å². The number of H-pyrrole nitrogens is 1. The highest BCUT2D eigenvalue weighted by atomic mass is 19.4. The van der Waals surface area contributed by atoms with Crippen LogP contribution in [0.25, 0.3) is 28.1 Å². The molecule has 0 fully saturated rings. The first kappa shape index (κ1) is 20.0. The summed E-state index contributed by atoms with van der Waals surface area (Å²) in [6, 6.07) is 5.30. The fourth-order valence-corrected chi connectivity index (χ4v) is 3.27. The fourth-order valence-electron chi connectivity index (χ4n) is 3.27. The summed E-state index contributed by atoms with van der Waals surface area (Å²) >= 11 is 0. The van der Waals surface area contributed by atoms with Crippen molar-refractivity contribution in [1.29, 1.82) is 0 Å². The zero-order valence-electron chi connectivity index (χ0n) is 16.1. The molecular formula is C20H19F3N6O. The van der Waals surface area contributed by atoms with Crippen LogP contribution in [0.5, 0.6) is 0 Å². The number of aromatic nitrogens is 6. The minimum atomic E-state index is -4.29. The average Bonchev–Trinajstić information content (AvgIpc) is 3.36. The normalized spacial score (nSPS) is 14.2. The van der Waals surface area contributed by atoms with E-state index < -0.39 is 18.2 Å². The van der Waals surface area contributed by atoms with Crippen LogP contribution in [0, 0.1) is 0 Å². The molecule has 0 aliphatic rings. The van der Waals surface area contributed by atoms with Gasteiger partial charge in [0, 0.05) is 42.6 Å². The summed E-state index contributed by atoms with van der Waals surface area (Å²) in [5.74, 6) is 0.551. The number of halogens is 3. The van der Waals surface area contributed by atoms with Crippen molar-refractivity contribution in [3.05, 3.63) is 54.9 Å². The van der Waals surface area contributed by atoms with Gasteiger partial charge in [0.15, 0.2) is 11.5 Å². The van der Waals surface area contributed by atoms with Crippen molar-refractivity contribution in [3.8, 4) is 16.9 Å². The lowest BCUT2D eigenvalue weighted by molar-refractivity contribution is -0.145. The maximum Gasteiger partial charge on any atom is 0.389 e. The van der Waals surface area contributed by atoms with Crippen molar-refractivity contribution in [3.63, 3.8) is 0 Å². The van der Waals surface area contributed by atoms with Gasteiger partial charge >= 0.3 is 6.18 Å². The third-order valence-electron chi connectivity index (χ3n) is 4.80. The van der Waals surface area contributed by atoms with Crippen molar-refractivity contribution in [2.45, 2.75) is 38.0 Å². The highest BCUT2D eigenvalue weighted by molar-refractivity contribution is 5.88. The first-order valence-electron chi connectivity index (χ1n) is 9.28. The summed E-state index contributed by atoms with van der Waals surface area (Å²) < 4.78 is 38.8. The second kappa shape index (κ2) is 7.52. The van der Waals surface area contributed by atoms with Gasteiger partial charge in [-0.2, -0.15) is 18.3 Å². The molecule has 1 atom stereocenters. The molecule has 7 nitrogen and oxygen atoms in total. The molecule has 10 heteroatoms. The number of imidazole rings is 1. The molecule has 4 aromatic rings. The maximum absolute atomic E-state index is 12.4. The van der Waals surface area contributed by atoms with E-state index in [4.69, 9.17) is 0 Å². The molecule has 0 radical (unpaired) electrons. The maximum atomic E-state index is 12.4. The van der Waals surface area contributed by atoms with Crippen LogP contribution < -0.4 is 0 Å². The van der Waals surface area contributed by atoms with Crippen LogP contribution in [0.4, 0.5) is 13.2 Å². The Kier molecular flexibility index (Phi) is 5.02. The number of aliphatic hydroxyl groups is 1. The van der Waals surface area contributed by atoms with Gasteiger partial charge in [-0.1, -0.05) is 6.07 Å². The minimum absolute atomic E-state index is 0.0789. The number of alkyl halides is 3. The molecule has 0 saturated heterocycles. The summed E-state index contributed by atoms with van der Waals surface area (Å²) in [4.78, 5) is 15.7. The number of nitrogens with one attached hydrogen (secondary N) is 1. The number of aromatic amines is 1. The van der Waals surface area contributed by atoms with E-state index in [2.05, 4.69) is 25.0 Å². The van der Waals surface area contributed by atoms with Gasteiger partial charge in [-0.05, 0) is 31.0 Å². The lowest BCUT2D eigenvalue weighted by atomic mass is 9.92. The largest absolute Gasteiger partial charge is 0.390 e. The molecule has 0 aromatic carbocycles. The van der Waals surface area contributed by atoms with Crippen molar-refractivity contribution in [2.75, 3.05) is 0 Å². The van der Waals surface area contributed by atoms with E-state index in [-0.39, 0.29) is 12.8 Å². The number of pyridine rings is 2. The van der Waals surface area contributed by atoms with E-state index >= 15 is 0 Å². The lowest BCUT2D eigenvalue weighted by Gasteiger charge is -2.24. The van der Waals surface area contributed by atoms with Gasteiger partial charge in [-0.3, -0.25) is 0 Å². The van der Waals surface area contributed by atoms with Gasteiger partial charge in [-0.15, -0.1) is 0 Å². The van der Waals surface area contributed by atoms with Crippen LogP contribution in [-0.4, -0.2) is 46.6 Å². The van der Waals surface area contributed by atoms with E-state index in [1.54, 1.807) is 35.5 Å². The highest BCUT2D eigenvalue weighted by Crippen LogP contribution is 2.28. The van der Waals surface area contributed by atoms with Crippen LogP contribution in [0.1, 0.15) is 25.3 Å². The first-order chi connectivity index (χ1) is 14.2. The standard InChI is InChI=1S/C20H19F3N6O/c1-19(30,5-6-20(21,22)23)8-13-2-3-16(25-9-13)29-11-14(10-28-29)15-4-7-24-18-17(15)26-12-27-18/h2-4,7,9-12,30H,5-6,8H2,1H3,(H,24,26,27). The molecule has 0 spiro atoms. The quantitative estimate of drug-likeness (QED) is 0.498. The van der Waals surface area contributed by atoms with E-state index in [1.807, 2.05) is 12.3 Å². The Hall–Kier alpha value is -3.27. The topological polar surface area (TPSA) is 92.5 Å². The number of hydrogen-bond acceptors (Lipinski definition) is 5. The SMILES string of the molecule is CC(O)(CCC(F)(F)F)Cc1ccc(-n2cc(-c3ccnc4nc[nH]c34)cn2)nc1. The first-order valence-corrected chi connectivity index (χ1v) is 9.28. The Morgan fingerprint density at radius 1 is 1.07 bits per heavy atom. The fraction of sp³-hybridized carbons (Fsp3) is 0.300. The molecule has 30 heavy (non-hydrogen) atoms. The summed E-state index contributed by atoms with van der Waals surface area (Å²) in [6.07, 6.45) is 2.70. The molecular weight excluding hydrogens is 397 g/mol. The Bertz CT molecular complexity index is 1150. The molecule has 0 amide bonds. The molecule has 4 heterocycles. The monoisotopic (exact) mass is 416 g/mol. The predicted molar refractivity (Wildman–Crippen MR) is 104 cm³/mol. The van der Waals surface area contributed by atoms with Gasteiger partial charge in [0.2, 0.25) is 0 Å². The van der Waals surface area contributed by atoms with Crippen LogP contribution in [0.2, 0.25) is 0 Å². The van der Waals surface area contributed by atoms with Crippen molar-refractivity contribution in [2.24, 2.45) is 0 Å². The van der Waals surface area contributed by atoms with Gasteiger partial charge in [0.25, 0.3) is 0 Å². The van der Waals surface area contributed by atoms with Crippen LogP contribution in [0.15, 0.2) is 49.3 Å². The van der Waals surface area contributed by atoms with Gasteiger partial charge < -0.3 is 10.1 Å². The highest BCUT2D eigenvalue weighted by Gasteiger charge is 2.32. The zero-order chi connectivity index (χ0) is 21.4. The molecule has 0 aliphatic heterocycles. The van der Waals surface area contributed by atoms with Gasteiger partial charge in [0.05, 0.1) is 23.6 Å². The zero-order valence-corrected chi connectivity index (χ0v) is 16.1. The van der Waals surface area contributed by atoms with Crippen LogP contribution >= 0.6 is 0 Å². The van der Waals surface area contributed by atoms with Crippen LogP contribution in [-0.2, 0) is 6.42 Å². The molecule has 4 rings (SSSR count). The third kappa shape index (κ3) is 4.48. The summed E-state index contributed by atoms with van der Waals surface area (Å²) in [5.41, 5.74) is 2.36. The molecule has 0 saturated carbocycles. The molecule has 0 bridgehead atoms. The lowest BCUT2D eigenvalue weighted by Crippen LogP contribution is -2.29. The number of fused-ring (bicyclic) bond motifs is 1. The van der Waals surface area contributed by atoms with E-state index in [0.29, 0.717) is 17.0 Å². The summed E-state index contributed by atoms with van der Waals surface area (Å²) in [7, 11) is 0.